The highest BCUT2D eigenvalue weighted by atomic mass is 16.2. The van der Waals surface area contributed by atoms with E-state index in [1.165, 1.54) is 32.1 Å². The highest BCUT2D eigenvalue weighted by molar-refractivity contribution is 6.40. The van der Waals surface area contributed by atoms with Gasteiger partial charge in [0.2, 0.25) is 0 Å². The van der Waals surface area contributed by atoms with Crippen molar-refractivity contribution in [3.63, 3.8) is 0 Å². The maximum atomic E-state index is 12.2. The first kappa shape index (κ1) is 23.7. The van der Waals surface area contributed by atoms with Gasteiger partial charge in [-0.1, -0.05) is 64.0 Å². The van der Waals surface area contributed by atoms with Crippen molar-refractivity contribution in [2.45, 2.75) is 78.2 Å². The summed E-state index contributed by atoms with van der Waals surface area (Å²) >= 11 is 0. The Labute approximate surface area is 168 Å². The van der Waals surface area contributed by atoms with E-state index in [2.05, 4.69) is 22.9 Å². The van der Waals surface area contributed by atoms with Crippen LogP contribution in [0, 0.1) is 0 Å². The van der Waals surface area contributed by atoms with E-state index in [1.807, 2.05) is 13.8 Å². The third-order valence-electron chi connectivity index (χ3n) is 4.36. The number of anilines is 1. The normalized spacial score (nSPS) is 10.6. The van der Waals surface area contributed by atoms with Crippen LogP contribution in [0.4, 0.5) is 5.69 Å². The van der Waals surface area contributed by atoms with Crippen LogP contribution in [0.25, 0.3) is 0 Å². The molecular weight excluding hydrogens is 354 g/mol. The molecule has 1 aromatic rings. The van der Waals surface area contributed by atoms with E-state index in [4.69, 9.17) is 0 Å². The van der Waals surface area contributed by atoms with E-state index >= 15 is 0 Å². The second-order valence-corrected chi connectivity index (χ2v) is 7.36. The quantitative estimate of drug-likeness (QED) is 0.373. The number of hydrogen-bond acceptors (Lipinski definition) is 3. The molecule has 0 aliphatic heterocycles. The molecule has 156 valence electrons. The number of carbonyl (C=O) groups excluding carboxylic acids is 3. The molecular formula is C22H35N3O3. The van der Waals surface area contributed by atoms with Crippen LogP contribution in [0.15, 0.2) is 24.3 Å². The smallest absolute Gasteiger partial charge is 0.313 e. The molecule has 0 radical (unpaired) electrons. The fourth-order valence-corrected chi connectivity index (χ4v) is 2.85. The molecule has 6 heteroatoms. The van der Waals surface area contributed by atoms with E-state index in [0.717, 1.165) is 19.3 Å². The Hall–Kier alpha value is -2.37. The summed E-state index contributed by atoms with van der Waals surface area (Å²) in [6, 6.07) is 6.63. The summed E-state index contributed by atoms with van der Waals surface area (Å²) in [6.07, 6.45) is 9.41. The molecule has 1 aromatic carbocycles. The van der Waals surface area contributed by atoms with Crippen LogP contribution < -0.4 is 16.0 Å². The lowest BCUT2D eigenvalue weighted by molar-refractivity contribution is -0.136. The van der Waals surface area contributed by atoms with Crippen LogP contribution in [0.1, 0.15) is 82.5 Å². The number of benzene rings is 1. The van der Waals surface area contributed by atoms with Gasteiger partial charge in [-0.3, -0.25) is 14.4 Å². The van der Waals surface area contributed by atoms with Crippen LogP contribution in [-0.2, 0) is 9.59 Å². The van der Waals surface area contributed by atoms with Crippen molar-refractivity contribution in [1.29, 1.82) is 0 Å². The minimum absolute atomic E-state index is 0.0220. The molecule has 0 saturated carbocycles. The van der Waals surface area contributed by atoms with Crippen LogP contribution in [0.5, 0.6) is 0 Å². The lowest BCUT2D eigenvalue weighted by Gasteiger charge is -2.13. The van der Waals surface area contributed by atoms with E-state index < -0.39 is 11.8 Å². The number of amides is 3. The van der Waals surface area contributed by atoms with Crippen LogP contribution in [0.2, 0.25) is 0 Å². The molecule has 0 heterocycles. The number of nitrogens with one attached hydrogen (secondary N) is 3. The van der Waals surface area contributed by atoms with Gasteiger partial charge in [0.1, 0.15) is 0 Å². The van der Waals surface area contributed by atoms with E-state index in [9.17, 15) is 14.4 Å². The zero-order chi connectivity index (χ0) is 20.8. The fraction of sp³-hybridized carbons (Fsp3) is 0.591. The van der Waals surface area contributed by atoms with Crippen molar-refractivity contribution in [2.75, 3.05) is 11.9 Å². The van der Waals surface area contributed by atoms with E-state index in [0.29, 0.717) is 17.8 Å². The van der Waals surface area contributed by atoms with Crippen molar-refractivity contribution < 1.29 is 14.4 Å². The molecule has 0 spiro atoms. The molecule has 0 aliphatic carbocycles. The largest absolute Gasteiger partial charge is 0.350 e. The Morgan fingerprint density at radius 1 is 0.857 bits per heavy atom. The molecule has 0 unspecified atom stereocenters. The van der Waals surface area contributed by atoms with Gasteiger partial charge in [0.15, 0.2) is 0 Å². The first-order valence-corrected chi connectivity index (χ1v) is 10.4. The van der Waals surface area contributed by atoms with Gasteiger partial charge in [0.05, 0.1) is 11.3 Å². The van der Waals surface area contributed by atoms with Gasteiger partial charge in [-0.05, 0) is 32.4 Å². The first-order chi connectivity index (χ1) is 13.5. The topological polar surface area (TPSA) is 87.3 Å². The lowest BCUT2D eigenvalue weighted by Crippen LogP contribution is -2.37. The monoisotopic (exact) mass is 389 g/mol. The second-order valence-electron chi connectivity index (χ2n) is 7.36. The molecule has 0 aromatic heterocycles. The van der Waals surface area contributed by atoms with Gasteiger partial charge >= 0.3 is 11.8 Å². The SMILES string of the molecule is CCCCCCCCCCNC(=O)C(=O)Nc1ccccc1C(=O)NC(C)C. The number of unbranched alkanes of at least 4 members (excludes halogenated alkanes) is 7. The number of para-hydroxylation sites is 1. The molecule has 0 bridgehead atoms. The molecule has 1 rings (SSSR count). The van der Waals surface area contributed by atoms with Gasteiger partial charge in [-0.15, -0.1) is 0 Å². The van der Waals surface area contributed by atoms with E-state index in [-0.39, 0.29) is 11.9 Å². The molecule has 6 nitrogen and oxygen atoms in total. The summed E-state index contributed by atoms with van der Waals surface area (Å²) in [5.74, 6) is -1.73. The molecule has 3 N–H and O–H groups in total. The first-order valence-electron chi connectivity index (χ1n) is 10.4. The third kappa shape index (κ3) is 9.53. The molecule has 0 fully saturated rings. The molecule has 0 saturated heterocycles. The highest BCUT2D eigenvalue weighted by Crippen LogP contribution is 2.15. The molecule has 28 heavy (non-hydrogen) atoms. The Morgan fingerprint density at radius 3 is 2.11 bits per heavy atom. The number of carbonyl (C=O) groups is 3. The average molecular weight is 390 g/mol. The minimum Gasteiger partial charge on any atom is -0.350 e. The van der Waals surface area contributed by atoms with Crippen LogP contribution in [-0.4, -0.2) is 30.3 Å². The summed E-state index contributed by atoms with van der Waals surface area (Å²) in [4.78, 5) is 36.3. The van der Waals surface area contributed by atoms with Crippen molar-refractivity contribution in [3.8, 4) is 0 Å². The van der Waals surface area contributed by atoms with Gasteiger partial charge in [-0.2, -0.15) is 0 Å². The maximum Gasteiger partial charge on any atom is 0.313 e. The number of hydrogen-bond donors (Lipinski definition) is 3. The van der Waals surface area contributed by atoms with Crippen molar-refractivity contribution in [1.82, 2.24) is 10.6 Å². The van der Waals surface area contributed by atoms with Crippen molar-refractivity contribution in [2.24, 2.45) is 0 Å². The van der Waals surface area contributed by atoms with Gasteiger partial charge in [0, 0.05) is 12.6 Å². The minimum atomic E-state index is -0.760. The zero-order valence-electron chi connectivity index (χ0n) is 17.5. The maximum absolute atomic E-state index is 12.2. The summed E-state index contributed by atoms with van der Waals surface area (Å²) in [5, 5.41) is 7.96. The summed E-state index contributed by atoms with van der Waals surface area (Å²) in [5.41, 5.74) is 0.660. The Balaban J connectivity index is 2.35. The summed E-state index contributed by atoms with van der Waals surface area (Å²) < 4.78 is 0. The standard InChI is InChI=1S/C22H35N3O3/c1-4-5-6-7-8-9-10-13-16-23-21(27)22(28)25-19-15-12-11-14-18(19)20(26)24-17(2)3/h11-12,14-15,17H,4-10,13,16H2,1-3H3,(H,23,27)(H,24,26)(H,25,28). The molecule has 0 atom stereocenters. The lowest BCUT2D eigenvalue weighted by atomic mass is 10.1. The fourth-order valence-electron chi connectivity index (χ4n) is 2.85. The van der Waals surface area contributed by atoms with Crippen molar-refractivity contribution in [3.05, 3.63) is 29.8 Å². The predicted molar refractivity (Wildman–Crippen MR) is 113 cm³/mol. The molecule has 3 amide bonds. The highest BCUT2D eigenvalue weighted by Gasteiger charge is 2.17. The van der Waals surface area contributed by atoms with E-state index in [1.54, 1.807) is 24.3 Å². The Kier molecular flexibility index (Phi) is 11.6. The van der Waals surface area contributed by atoms with Gasteiger partial charge in [0.25, 0.3) is 5.91 Å². The zero-order valence-corrected chi connectivity index (χ0v) is 17.5. The van der Waals surface area contributed by atoms with Gasteiger partial charge < -0.3 is 16.0 Å². The predicted octanol–water partition coefficient (Wildman–Crippen LogP) is 4.02. The number of rotatable bonds is 12. The molecule has 0 aliphatic rings. The summed E-state index contributed by atoms with van der Waals surface area (Å²) in [7, 11) is 0. The van der Waals surface area contributed by atoms with Crippen LogP contribution >= 0.6 is 0 Å². The average Bonchev–Trinajstić information content (AvgIpc) is 2.66. The van der Waals surface area contributed by atoms with Crippen LogP contribution in [0.3, 0.4) is 0 Å². The Bertz CT molecular complexity index is 629. The third-order valence-corrected chi connectivity index (χ3v) is 4.36. The van der Waals surface area contributed by atoms with Crippen molar-refractivity contribution >= 4 is 23.4 Å². The Morgan fingerprint density at radius 2 is 1.46 bits per heavy atom. The van der Waals surface area contributed by atoms with Gasteiger partial charge in [-0.25, -0.2) is 0 Å². The second kappa shape index (κ2) is 13.7. The summed E-state index contributed by atoms with van der Waals surface area (Å²) in [6.45, 7) is 6.41.